The molecule has 0 saturated carbocycles. The van der Waals surface area contributed by atoms with E-state index >= 15 is 0 Å². The summed E-state index contributed by atoms with van der Waals surface area (Å²) in [5.74, 6) is 0.932. The summed E-state index contributed by atoms with van der Waals surface area (Å²) < 4.78 is 11.6. The molecule has 0 N–H and O–H groups in total. The SMILES string of the molecule is Cc1ccc(OC[C@@H]2c3ccsc3CCN2C(=O)CN(Cc2ccco2)C(=O)c2cccc(Cl)c2)cc1. The Labute approximate surface area is 225 Å². The lowest BCUT2D eigenvalue weighted by Gasteiger charge is -2.37. The number of rotatable bonds is 8. The number of fused-ring (bicyclic) bond motifs is 1. The van der Waals surface area contributed by atoms with E-state index in [4.69, 9.17) is 20.8 Å². The maximum absolute atomic E-state index is 13.8. The van der Waals surface area contributed by atoms with Crippen LogP contribution in [0.5, 0.6) is 5.75 Å². The first-order valence-corrected chi connectivity index (χ1v) is 13.4. The maximum Gasteiger partial charge on any atom is 0.254 e. The number of amides is 2. The van der Waals surface area contributed by atoms with Crippen molar-refractivity contribution in [1.82, 2.24) is 9.80 Å². The lowest BCUT2D eigenvalue weighted by molar-refractivity contribution is -0.135. The summed E-state index contributed by atoms with van der Waals surface area (Å²) >= 11 is 7.84. The molecule has 37 heavy (non-hydrogen) atoms. The molecule has 0 spiro atoms. The number of nitrogens with zero attached hydrogens (tertiary/aromatic N) is 2. The van der Waals surface area contributed by atoms with Gasteiger partial charge in [0.1, 0.15) is 24.7 Å². The Hall–Kier alpha value is -3.55. The second-order valence-electron chi connectivity index (χ2n) is 9.03. The van der Waals surface area contributed by atoms with Gasteiger partial charge in [-0.25, -0.2) is 0 Å². The number of aryl methyl sites for hydroxylation is 1. The number of thiophene rings is 1. The van der Waals surface area contributed by atoms with Crippen molar-refractivity contribution in [3.05, 3.63) is 111 Å². The first-order valence-electron chi connectivity index (χ1n) is 12.1. The van der Waals surface area contributed by atoms with Crippen LogP contribution >= 0.6 is 22.9 Å². The van der Waals surface area contributed by atoms with Crippen molar-refractivity contribution >= 4 is 34.8 Å². The normalized spacial score (nSPS) is 14.8. The van der Waals surface area contributed by atoms with Gasteiger partial charge in [0.25, 0.3) is 5.91 Å². The molecule has 3 heterocycles. The standard InChI is InChI=1S/C29H27ClN2O4S/c1-20-7-9-23(10-8-20)36-19-26-25-12-15-37-27(25)11-13-32(26)28(33)18-31(17-24-6-3-14-35-24)29(34)21-4-2-5-22(30)16-21/h2-10,12,14-16,26H,11,13,17-19H2,1H3/t26-/m1/s1. The number of hydrogen-bond acceptors (Lipinski definition) is 5. The molecule has 0 radical (unpaired) electrons. The van der Waals surface area contributed by atoms with E-state index in [1.165, 1.54) is 9.78 Å². The highest BCUT2D eigenvalue weighted by Crippen LogP contribution is 2.34. The molecule has 5 rings (SSSR count). The van der Waals surface area contributed by atoms with E-state index < -0.39 is 0 Å². The summed E-state index contributed by atoms with van der Waals surface area (Å²) in [6.45, 7) is 3.01. The molecule has 2 aromatic carbocycles. The van der Waals surface area contributed by atoms with E-state index in [1.54, 1.807) is 54.0 Å². The van der Waals surface area contributed by atoms with Gasteiger partial charge in [-0.1, -0.05) is 35.4 Å². The molecule has 8 heteroatoms. The minimum atomic E-state index is -0.284. The van der Waals surface area contributed by atoms with Gasteiger partial charge in [-0.05, 0) is 72.8 Å². The third kappa shape index (κ3) is 5.89. The van der Waals surface area contributed by atoms with E-state index in [1.807, 2.05) is 36.1 Å². The molecule has 0 aliphatic carbocycles. The number of carbonyl (C=O) groups is 2. The third-order valence-corrected chi connectivity index (χ3v) is 7.69. The van der Waals surface area contributed by atoms with Crippen molar-refractivity contribution in [2.24, 2.45) is 0 Å². The molecular formula is C29H27ClN2O4S. The van der Waals surface area contributed by atoms with Crippen LogP contribution in [0.1, 0.15) is 38.2 Å². The summed E-state index contributed by atoms with van der Waals surface area (Å²) in [4.78, 5) is 31.8. The highest BCUT2D eigenvalue weighted by molar-refractivity contribution is 7.10. The van der Waals surface area contributed by atoms with Crippen LogP contribution in [0.2, 0.25) is 5.02 Å². The molecule has 2 amide bonds. The van der Waals surface area contributed by atoms with Gasteiger partial charge in [-0.2, -0.15) is 0 Å². The largest absolute Gasteiger partial charge is 0.491 e. The molecule has 1 atom stereocenters. The highest BCUT2D eigenvalue weighted by Gasteiger charge is 2.34. The van der Waals surface area contributed by atoms with Crippen molar-refractivity contribution in [2.75, 3.05) is 19.7 Å². The molecule has 1 aliphatic heterocycles. The van der Waals surface area contributed by atoms with Crippen LogP contribution in [-0.4, -0.2) is 41.3 Å². The fraction of sp³-hybridized carbons (Fsp3) is 0.241. The van der Waals surface area contributed by atoms with E-state index in [9.17, 15) is 9.59 Å². The number of carbonyl (C=O) groups excluding carboxylic acids is 2. The van der Waals surface area contributed by atoms with Crippen molar-refractivity contribution < 1.29 is 18.7 Å². The Morgan fingerprint density at radius 2 is 1.97 bits per heavy atom. The van der Waals surface area contributed by atoms with Crippen molar-refractivity contribution in [3.8, 4) is 5.75 Å². The Bertz CT molecular complexity index is 1370. The molecule has 4 aromatic rings. The van der Waals surface area contributed by atoms with Gasteiger partial charge in [0.15, 0.2) is 0 Å². The number of benzene rings is 2. The lowest BCUT2D eigenvalue weighted by Crippen LogP contribution is -2.47. The Kier molecular flexibility index (Phi) is 7.63. The van der Waals surface area contributed by atoms with Crippen molar-refractivity contribution in [3.63, 3.8) is 0 Å². The Morgan fingerprint density at radius 1 is 1.14 bits per heavy atom. The van der Waals surface area contributed by atoms with Gasteiger partial charge in [0.2, 0.25) is 5.91 Å². The van der Waals surface area contributed by atoms with Crippen LogP contribution in [-0.2, 0) is 17.8 Å². The van der Waals surface area contributed by atoms with Gasteiger partial charge in [0, 0.05) is 22.0 Å². The fourth-order valence-corrected chi connectivity index (χ4v) is 5.65. The monoisotopic (exact) mass is 534 g/mol. The van der Waals surface area contributed by atoms with Crippen LogP contribution in [0, 0.1) is 6.92 Å². The molecular weight excluding hydrogens is 508 g/mol. The van der Waals surface area contributed by atoms with E-state index in [2.05, 4.69) is 11.4 Å². The molecule has 0 fully saturated rings. The summed E-state index contributed by atoms with van der Waals surface area (Å²) in [6.07, 6.45) is 2.33. The summed E-state index contributed by atoms with van der Waals surface area (Å²) in [6, 6.07) is 20.0. The fourth-order valence-electron chi connectivity index (χ4n) is 4.53. The zero-order valence-electron chi connectivity index (χ0n) is 20.4. The number of halogens is 1. The molecule has 1 aliphatic rings. The Morgan fingerprint density at radius 3 is 2.73 bits per heavy atom. The zero-order valence-corrected chi connectivity index (χ0v) is 22.0. The van der Waals surface area contributed by atoms with Crippen molar-refractivity contribution in [2.45, 2.75) is 25.9 Å². The van der Waals surface area contributed by atoms with Gasteiger partial charge in [0.05, 0.1) is 18.8 Å². The second kappa shape index (κ2) is 11.2. The van der Waals surface area contributed by atoms with Gasteiger partial charge in [-0.15, -0.1) is 11.3 Å². The van der Waals surface area contributed by atoms with Crippen LogP contribution in [0.3, 0.4) is 0 Å². The first-order chi connectivity index (χ1) is 18.0. The van der Waals surface area contributed by atoms with Crippen LogP contribution < -0.4 is 4.74 Å². The average molecular weight is 535 g/mol. The third-order valence-electron chi connectivity index (χ3n) is 6.46. The predicted molar refractivity (Wildman–Crippen MR) is 144 cm³/mol. The summed E-state index contributed by atoms with van der Waals surface area (Å²) in [5, 5.41) is 2.52. The molecule has 0 bridgehead atoms. The predicted octanol–water partition coefficient (Wildman–Crippen LogP) is 6.15. The van der Waals surface area contributed by atoms with Crippen LogP contribution in [0.15, 0.2) is 82.8 Å². The van der Waals surface area contributed by atoms with Gasteiger partial charge >= 0.3 is 0 Å². The van der Waals surface area contributed by atoms with Crippen LogP contribution in [0.4, 0.5) is 0 Å². The molecule has 0 unspecified atom stereocenters. The highest BCUT2D eigenvalue weighted by atomic mass is 35.5. The molecule has 2 aromatic heterocycles. The van der Waals surface area contributed by atoms with Crippen LogP contribution in [0.25, 0.3) is 0 Å². The number of ether oxygens (including phenoxy) is 1. The topological polar surface area (TPSA) is 63.0 Å². The molecule has 6 nitrogen and oxygen atoms in total. The summed E-state index contributed by atoms with van der Waals surface area (Å²) in [5.41, 5.74) is 2.68. The zero-order chi connectivity index (χ0) is 25.8. The minimum absolute atomic E-state index is 0.0907. The van der Waals surface area contributed by atoms with Crippen molar-refractivity contribution in [1.29, 1.82) is 0 Å². The van der Waals surface area contributed by atoms with E-state index in [0.717, 1.165) is 23.3 Å². The average Bonchev–Trinajstić information content (AvgIpc) is 3.59. The second-order valence-corrected chi connectivity index (χ2v) is 10.5. The summed E-state index contributed by atoms with van der Waals surface area (Å²) in [7, 11) is 0. The first kappa shape index (κ1) is 25.1. The number of furan rings is 1. The Balaban J connectivity index is 1.37. The smallest absolute Gasteiger partial charge is 0.254 e. The quantitative estimate of drug-likeness (QED) is 0.272. The minimum Gasteiger partial charge on any atom is -0.491 e. The molecule has 190 valence electrons. The number of hydrogen-bond donors (Lipinski definition) is 0. The van der Waals surface area contributed by atoms with E-state index in [-0.39, 0.29) is 30.9 Å². The van der Waals surface area contributed by atoms with E-state index in [0.29, 0.717) is 29.5 Å². The lowest BCUT2D eigenvalue weighted by atomic mass is 10.0. The molecule has 0 saturated heterocycles. The van der Waals surface area contributed by atoms with Gasteiger partial charge < -0.3 is 19.0 Å². The maximum atomic E-state index is 13.8. The van der Waals surface area contributed by atoms with Gasteiger partial charge in [-0.3, -0.25) is 9.59 Å².